The third-order valence-corrected chi connectivity index (χ3v) is 6.94. The molecular weight excluding hydrogens is 488 g/mol. The molecule has 0 radical (unpaired) electrons. The fourth-order valence-electron chi connectivity index (χ4n) is 5.08. The highest BCUT2D eigenvalue weighted by atomic mass is 15.3. The number of H-pyrrole nitrogens is 2. The van der Waals surface area contributed by atoms with Gasteiger partial charge in [-0.3, -0.25) is 10.1 Å². The summed E-state index contributed by atoms with van der Waals surface area (Å²) in [5, 5.41) is 11.1. The van der Waals surface area contributed by atoms with E-state index in [2.05, 4.69) is 80.7 Å². The van der Waals surface area contributed by atoms with Gasteiger partial charge in [0.15, 0.2) is 17.2 Å². The van der Waals surface area contributed by atoms with Gasteiger partial charge in [0, 0.05) is 49.8 Å². The van der Waals surface area contributed by atoms with E-state index in [1.807, 2.05) is 30.6 Å². The van der Waals surface area contributed by atoms with Gasteiger partial charge in [-0.1, -0.05) is 27.4 Å². The Morgan fingerprint density at radius 2 is 1.90 bits per heavy atom. The molecule has 39 heavy (non-hydrogen) atoms. The van der Waals surface area contributed by atoms with Crippen LogP contribution in [-0.2, 0) is 0 Å². The second-order valence-corrected chi connectivity index (χ2v) is 11.5. The molecule has 6 rings (SSSR count). The summed E-state index contributed by atoms with van der Waals surface area (Å²) >= 11 is 0. The van der Waals surface area contributed by atoms with Crippen LogP contribution in [0.4, 0.5) is 11.4 Å². The van der Waals surface area contributed by atoms with Gasteiger partial charge >= 0.3 is 0 Å². The number of rotatable bonds is 6. The maximum atomic E-state index is 4.97. The predicted octanol–water partition coefficient (Wildman–Crippen LogP) is 5.07. The first-order valence-corrected chi connectivity index (χ1v) is 13.3. The van der Waals surface area contributed by atoms with E-state index in [4.69, 9.17) is 9.97 Å². The second kappa shape index (κ2) is 9.77. The zero-order chi connectivity index (χ0) is 27.1. The number of nitrogens with zero attached hydrogens (tertiary/aromatic N) is 7. The number of pyridine rings is 3. The Labute approximate surface area is 227 Å². The van der Waals surface area contributed by atoms with Gasteiger partial charge in [-0.15, -0.1) is 0 Å². The van der Waals surface area contributed by atoms with E-state index >= 15 is 0 Å². The van der Waals surface area contributed by atoms with Crippen LogP contribution < -0.4 is 10.2 Å². The third kappa shape index (κ3) is 5.20. The molecule has 1 aliphatic rings. The molecule has 1 aliphatic heterocycles. The normalized spacial score (nSPS) is 14.8. The average Bonchev–Trinajstić information content (AvgIpc) is 3.52. The number of anilines is 2. The van der Waals surface area contributed by atoms with Crippen molar-refractivity contribution in [1.29, 1.82) is 0 Å². The molecule has 0 saturated carbocycles. The monoisotopic (exact) mass is 522 g/mol. The summed E-state index contributed by atoms with van der Waals surface area (Å²) in [6.07, 6.45) is 6.31. The van der Waals surface area contributed by atoms with Gasteiger partial charge in [-0.25, -0.2) is 15.0 Å². The zero-order valence-electron chi connectivity index (χ0n) is 22.9. The Kier molecular flexibility index (Phi) is 6.26. The standard InChI is InChI=1S/C29H34N10/c1-18(15-29(2,3)4)32-20-14-19(16-30-17-20)21-6-7-22-24(33-21)26(37-36-22)28-34-25-23(8-9-31-27(25)35-28)39-12-10-38(5)11-13-39/h6-9,14,16-17,32H,1,10-13,15H2,2-5H3,(H,36,37)(H,31,34,35). The molecule has 200 valence electrons. The third-order valence-electron chi connectivity index (χ3n) is 6.94. The number of fused-ring (bicyclic) bond motifs is 2. The molecule has 0 aliphatic carbocycles. The first-order chi connectivity index (χ1) is 18.7. The van der Waals surface area contributed by atoms with Crippen LogP contribution >= 0.6 is 0 Å². The van der Waals surface area contributed by atoms with Gasteiger partial charge in [0.1, 0.15) is 11.0 Å². The summed E-state index contributed by atoms with van der Waals surface area (Å²) in [7, 11) is 2.16. The van der Waals surface area contributed by atoms with Crippen LogP contribution in [0, 0.1) is 5.41 Å². The Bertz CT molecular complexity index is 1650. The Balaban J connectivity index is 1.32. The van der Waals surface area contributed by atoms with Crippen molar-refractivity contribution >= 4 is 33.6 Å². The topological polar surface area (TPSA) is 115 Å². The maximum absolute atomic E-state index is 4.97. The van der Waals surface area contributed by atoms with E-state index in [9.17, 15) is 0 Å². The summed E-state index contributed by atoms with van der Waals surface area (Å²) in [4.78, 5) is 27.0. The minimum atomic E-state index is 0.150. The van der Waals surface area contributed by atoms with Crippen LogP contribution in [0.3, 0.4) is 0 Å². The molecule has 0 atom stereocenters. The number of imidazole rings is 1. The van der Waals surface area contributed by atoms with E-state index in [0.717, 1.165) is 77.5 Å². The summed E-state index contributed by atoms with van der Waals surface area (Å²) in [6.45, 7) is 14.8. The molecule has 6 heterocycles. The molecule has 0 spiro atoms. The Morgan fingerprint density at radius 3 is 2.69 bits per heavy atom. The number of hydrogen-bond acceptors (Lipinski definition) is 8. The number of aromatic amines is 2. The van der Waals surface area contributed by atoms with E-state index in [1.54, 1.807) is 6.20 Å². The van der Waals surface area contributed by atoms with Crippen LogP contribution in [0.5, 0.6) is 0 Å². The maximum Gasteiger partial charge on any atom is 0.180 e. The van der Waals surface area contributed by atoms with Gasteiger partial charge in [-0.2, -0.15) is 5.10 Å². The number of nitrogens with one attached hydrogen (secondary N) is 3. The summed E-state index contributed by atoms with van der Waals surface area (Å²) < 4.78 is 0. The molecule has 5 aromatic heterocycles. The number of hydrogen-bond donors (Lipinski definition) is 3. The van der Waals surface area contributed by atoms with Crippen LogP contribution in [0.2, 0.25) is 0 Å². The smallest absolute Gasteiger partial charge is 0.180 e. The lowest BCUT2D eigenvalue weighted by atomic mass is 9.91. The molecule has 10 heteroatoms. The lowest BCUT2D eigenvalue weighted by Crippen LogP contribution is -2.44. The van der Waals surface area contributed by atoms with Gasteiger partial charge in [0.05, 0.1) is 28.8 Å². The highest BCUT2D eigenvalue weighted by molar-refractivity contribution is 5.93. The summed E-state index contributed by atoms with van der Waals surface area (Å²) in [6, 6.07) is 8.06. The minimum Gasteiger partial charge on any atom is -0.367 e. The quantitative estimate of drug-likeness (QED) is 0.283. The second-order valence-electron chi connectivity index (χ2n) is 11.5. The number of piperazine rings is 1. The predicted molar refractivity (Wildman–Crippen MR) is 157 cm³/mol. The Hall–Kier alpha value is -4.31. The van der Waals surface area contributed by atoms with Crippen LogP contribution in [0.25, 0.3) is 45.0 Å². The van der Waals surface area contributed by atoms with Crippen molar-refractivity contribution < 1.29 is 0 Å². The lowest BCUT2D eigenvalue weighted by molar-refractivity contribution is 0.313. The van der Waals surface area contributed by atoms with E-state index in [0.29, 0.717) is 17.2 Å². The molecule has 0 unspecified atom stereocenters. The van der Waals surface area contributed by atoms with E-state index in [-0.39, 0.29) is 5.41 Å². The van der Waals surface area contributed by atoms with Crippen LogP contribution in [-0.4, -0.2) is 73.2 Å². The van der Waals surface area contributed by atoms with Crippen molar-refractivity contribution in [3.05, 3.63) is 55.1 Å². The van der Waals surface area contributed by atoms with Gasteiger partial charge in [0.2, 0.25) is 0 Å². The van der Waals surface area contributed by atoms with Gasteiger partial charge < -0.3 is 20.1 Å². The van der Waals surface area contributed by atoms with Crippen LogP contribution in [0.15, 0.2) is 55.1 Å². The lowest BCUT2D eigenvalue weighted by Gasteiger charge is -2.34. The van der Waals surface area contributed by atoms with Crippen molar-refractivity contribution in [1.82, 2.24) is 40.0 Å². The largest absolute Gasteiger partial charge is 0.367 e. The van der Waals surface area contributed by atoms with Crippen molar-refractivity contribution in [2.24, 2.45) is 5.41 Å². The Morgan fingerprint density at radius 1 is 1.08 bits per heavy atom. The van der Waals surface area contributed by atoms with Gasteiger partial charge in [-0.05, 0) is 43.1 Å². The number of likely N-dealkylation sites (N-methyl/N-ethyl adjacent to an activating group) is 1. The molecular formula is C29H34N10. The molecule has 5 aromatic rings. The van der Waals surface area contributed by atoms with Crippen molar-refractivity contribution in [2.75, 3.05) is 43.4 Å². The fraction of sp³-hybridized carbons (Fsp3) is 0.345. The van der Waals surface area contributed by atoms with Crippen LogP contribution in [0.1, 0.15) is 27.2 Å². The van der Waals surface area contributed by atoms with Crippen molar-refractivity contribution in [2.45, 2.75) is 27.2 Å². The number of aromatic nitrogens is 7. The first-order valence-electron chi connectivity index (χ1n) is 13.3. The average molecular weight is 523 g/mol. The highest BCUT2D eigenvalue weighted by Gasteiger charge is 2.21. The van der Waals surface area contributed by atoms with E-state index < -0.39 is 0 Å². The molecule has 3 N–H and O–H groups in total. The summed E-state index contributed by atoms with van der Waals surface area (Å²) in [5.74, 6) is 0.641. The SMILES string of the molecule is C=C(CC(C)(C)C)Nc1cncc(-c2ccc3[nH]nc(-c4nc5nccc(N6CCN(C)CC6)c5[nH]4)c3n2)c1. The first kappa shape index (κ1) is 25.0. The molecule has 1 fully saturated rings. The van der Waals surface area contributed by atoms with Gasteiger partial charge in [0.25, 0.3) is 0 Å². The highest BCUT2D eigenvalue weighted by Crippen LogP contribution is 2.31. The number of allylic oxidation sites excluding steroid dienone is 1. The molecule has 0 bridgehead atoms. The molecule has 0 aromatic carbocycles. The molecule has 10 nitrogen and oxygen atoms in total. The van der Waals surface area contributed by atoms with Crippen molar-refractivity contribution in [3.8, 4) is 22.8 Å². The summed E-state index contributed by atoms with van der Waals surface area (Å²) in [5.41, 5.74) is 8.64. The molecule has 0 amide bonds. The zero-order valence-corrected chi connectivity index (χ0v) is 22.9. The minimum absolute atomic E-state index is 0.150. The fourth-order valence-corrected chi connectivity index (χ4v) is 5.08. The molecule has 1 saturated heterocycles. The van der Waals surface area contributed by atoms with Crippen molar-refractivity contribution in [3.63, 3.8) is 0 Å². The van der Waals surface area contributed by atoms with E-state index in [1.165, 1.54) is 0 Å².